The van der Waals surface area contributed by atoms with E-state index in [9.17, 15) is 4.79 Å². The Morgan fingerprint density at radius 2 is 1.64 bits per heavy atom. The molecular weight excluding hydrogens is 352 g/mol. The smallest absolute Gasteiger partial charge is 0.254 e. The molecule has 1 N–H and O–H groups in total. The average molecular weight is 380 g/mol. The third kappa shape index (κ3) is 4.58. The van der Waals surface area contributed by atoms with Crippen LogP contribution in [0.1, 0.15) is 48.9 Å². The van der Waals surface area contributed by atoms with Crippen molar-refractivity contribution in [1.82, 2.24) is 19.9 Å². The normalized spacial score (nSPS) is 18.6. The fourth-order valence-electron chi connectivity index (χ4n) is 4.02. The molecule has 3 heterocycles. The molecule has 4 rings (SSSR count). The summed E-state index contributed by atoms with van der Waals surface area (Å²) in [4.78, 5) is 30.0. The zero-order valence-electron chi connectivity index (χ0n) is 16.3. The van der Waals surface area contributed by atoms with Crippen LogP contribution in [0.3, 0.4) is 0 Å². The van der Waals surface area contributed by atoms with Crippen LogP contribution in [-0.4, -0.2) is 58.0 Å². The van der Waals surface area contributed by atoms with Crippen LogP contribution in [0.5, 0.6) is 0 Å². The number of rotatable bonds is 4. The summed E-state index contributed by atoms with van der Waals surface area (Å²) in [5.41, 5.74) is 0.704. The molecule has 2 fully saturated rings. The molecule has 0 spiro atoms. The van der Waals surface area contributed by atoms with Crippen LogP contribution in [0.4, 0.5) is 11.8 Å². The number of amides is 1. The summed E-state index contributed by atoms with van der Waals surface area (Å²) in [6, 6.07) is 6.00. The molecule has 2 aromatic rings. The summed E-state index contributed by atoms with van der Waals surface area (Å²) in [6.07, 6.45) is 12.8. The molecule has 1 aliphatic heterocycles. The Kier molecular flexibility index (Phi) is 5.99. The number of hydrogen-bond donors (Lipinski definition) is 1. The lowest BCUT2D eigenvalue weighted by Gasteiger charge is -2.34. The van der Waals surface area contributed by atoms with Gasteiger partial charge in [-0.3, -0.25) is 4.79 Å². The molecule has 0 radical (unpaired) electrons. The molecule has 0 bridgehead atoms. The number of hydrogen-bond acceptors (Lipinski definition) is 6. The quantitative estimate of drug-likeness (QED) is 0.822. The molecule has 1 saturated heterocycles. The third-order valence-corrected chi connectivity index (χ3v) is 5.62. The van der Waals surface area contributed by atoms with Crippen LogP contribution in [0.15, 0.2) is 36.8 Å². The number of nitrogens with zero attached hydrogens (tertiary/aromatic N) is 5. The fraction of sp³-hybridized carbons (Fsp3) is 0.524. The monoisotopic (exact) mass is 380 g/mol. The van der Waals surface area contributed by atoms with Crippen LogP contribution in [0, 0.1) is 0 Å². The second kappa shape index (κ2) is 8.99. The second-order valence-electron chi connectivity index (χ2n) is 7.59. The van der Waals surface area contributed by atoms with Crippen LogP contribution >= 0.6 is 0 Å². The van der Waals surface area contributed by atoms with Gasteiger partial charge in [0.2, 0.25) is 5.95 Å². The minimum absolute atomic E-state index is 0.0694. The van der Waals surface area contributed by atoms with Gasteiger partial charge >= 0.3 is 0 Å². The molecule has 0 unspecified atom stereocenters. The number of piperazine rings is 1. The highest BCUT2D eigenvalue weighted by Gasteiger charge is 2.24. The number of pyridine rings is 1. The predicted molar refractivity (Wildman–Crippen MR) is 109 cm³/mol. The first kappa shape index (κ1) is 18.7. The van der Waals surface area contributed by atoms with Gasteiger partial charge in [0, 0.05) is 56.4 Å². The lowest BCUT2D eigenvalue weighted by Crippen LogP contribution is -2.49. The Hall–Kier alpha value is -2.70. The maximum Gasteiger partial charge on any atom is 0.254 e. The van der Waals surface area contributed by atoms with Crippen molar-refractivity contribution < 1.29 is 4.79 Å². The molecule has 1 amide bonds. The molecule has 0 aromatic carbocycles. The highest BCUT2D eigenvalue weighted by Crippen LogP contribution is 2.21. The van der Waals surface area contributed by atoms with Crippen LogP contribution in [-0.2, 0) is 0 Å². The summed E-state index contributed by atoms with van der Waals surface area (Å²) in [5, 5.41) is 3.54. The van der Waals surface area contributed by atoms with Crippen molar-refractivity contribution in [2.75, 3.05) is 36.4 Å². The molecule has 1 saturated carbocycles. The van der Waals surface area contributed by atoms with Gasteiger partial charge in [-0.25, -0.2) is 15.0 Å². The van der Waals surface area contributed by atoms with Crippen molar-refractivity contribution in [3.8, 4) is 0 Å². The van der Waals surface area contributed by atoms with E-state index in [4.69, 9.17) is 0 Å². The zero-order chi connectivity index (χ0) is 19.2. The van der Waals surface area contributed by atoms with Gasteiger partial charge in [-0.15, -0.1) is 0 Å². The molecule has 148 valence electrons. The van der Waals surface area contributed by atoms with E-state index >= 15 is 0 Å². The Morgan fingerprint density at radius 1 is 0.929 bits per heavy atom. The van der Waals surface area contributed by atoms with E-state index in [2.05, 4.69) is 25.2 Å². The topological polar surface area (TPSA) is 74.2 Å². The SMILES string of the molecule is O=C(c1ccnc(NC2CCCCCC2)c1)N1CCN(c2ncccn2)CC1. The lowest BCUT2D eigenvalue weighted by atomic mass is 10.1. The maximum absolute atomic E-state index is 13.0. The Labute approximate surface area is 166 Å². The van der Waals surface area contributed by atoms with Crippen LogP contribution in [0.25, 0.3) is 0 Å². The summed E-state index contributed by atoms with van der Waals surface area (Å²) < 4.78 is 0. The largest absolute Gasteiger partial charge is 0.367 e. The number of anilines is 2. The summed E-state index contributed by atoms with van der Waals surface area (Å²) in [5.74, 6) is 1.61. The molecule has 1 aliphatic carbocycles. The van der Waals surface area contributed by atoms with Gasteiger partial charge in [-0.05, 0) is 31.0 Å². The minimum Gasteiger partial charge on any atom is -0.367 e. The second-order valence-corrected chi connectivity index (χ2v) is 7.59. The summed E-state index contributed by atoms with van der Waals surface area (Å²) in [7, 11) is 0. The van der Waals surface area contributed by atoms with E-state index in [1.54, 1.807) is 18.6 Å². The van der Waals surface area contributed by atoms with Gasteiger partial charge in [0.1, 0.15) is 5.82 Å². The van der Waals surface area contributed by atoms with Gasteiger partial charge in [-0.2, -0.15) is 0 Å². The number of carbonyl (C=O) groups is 1. The molecule has 7 heteroatoms. The molecule has 2 aliphatic rings. The van der Waals surface area contributed by atoms with Crippen LogP contribution in [0.2, 0.25) is 0 Å². The van der Waals surface area contributed by atoms with Crippen molar-refractivity contribution in [3.63, 3.8) is 0 Å². The fourth-order valence-corrected chi connectivity index (χ4v) is 4.02. The Morgan fingerprint density at radius 3 is 2.36 bits per heavy atom. The van der Waals surface area contributed by atoms with Crippen molar-refractivity contribution in [1.29, 1.82) is 0 Å². The molecule has 2 aromatic heterocycles. The number of nitrogens with one attached hydrogen (secondary N) is 1. The first-order valence-corrected chi connectivity index (χ1v) is 10.3. The van der Waals surface area contributed by atoms with Gasteiger partial charge in [-0.1, -0.05) is 25.7 Å². The number of carbonyl (C=O) groups excluding carboxylic acids is 1. The van der Waals surface area contributed by atoms with E-state index in [1.165, 1.54) is 38.5 Å². The first-order valence-electron chi connectivity index (χ1n) is 10.3. The average Bonchev–Trinajstić information content (AvgIpc) is 3.03. The molecule has 0 atom stereocenters. The predicted octanol–water partition coefficient (Wildman–Crippen LogP) is 2.97. The van der Waals surface area contributed by atoms with Gasteiger partial charge in [0.25, 0.3) is 5.91 Å². The van der Waals surface area contributed by atoms with E-state index in [0.29, 0.717) is 24.7 Å². The van der Waals surface area contributed by atoms with E-state index in [0.717, 1.165) is 24.9 Å². The van der Waals surface area contributed by atoms with Gasteiger partial charge in [0.05, 0.1) is 0 Å². The number of aromatic nitrogens is 3. The van der Waals surface area contributed by atoms with Crippen molar-refractivity contribution in [2.24, 2.45) is 0 Å². The van der Waals surface area contributed by atoms with Gasteiger partial charge in [0.15, 0.2) is 0 Å². The molecular formula is C21H28N6O. The third-order valence-electron chi connectivity index (χ3n) is 5.62. The Balaban J connectivity index is 1.36. The van der Waals surface area contributed by atoms with Crippen molar-refractivity contribution in [2.45, 2.75) is 44.6 Å². The molecule has 28 heavy (non-hydrogen) atoms. The van der Waals surface area contributed by atoms with E-state index in [-0.39, 0.29) is 5.91 Å². The lowest BCUT2D eigenvalue weighted by molar-refractivity contribution is 0.0746. The highest BCUT2D eigenvalue weighted by molar-refractivity contribution is 5.95. The van der Waals surface area contributed by atoms with Crippen molar-refractivity contribution in [3.05, 3.63) is 42.4 Å². The van der Waals surface area contributed by atoms with Crippen LogP contribution < -0.4 is 10.2 Å². The Bertz CT molecular complexity index is 767. The summed E-state index contributed by atoms with van der Waals surface area (Å²) >= 11 is 0. The van der Waals surface area contributed by atoms with Crippen molar-refractivity contribution >= 4 is 17.7 Å². The standard InChI is InChI=1S/C21H28N6O/c28-20(26-12-14-27(15-13-26)21-23-9-5-10-24-21)17-8-11-22-19(16-17)25-18-6-3-1-2-4-7-18/h5,8-11,16,18H,1-4,6-7,12-15H2,(H,22,25). The first-order chi connectivity index (χ1) is 13.8. The maximum atomic E-state index is 13.0. The van der Waals surface area contributed by atoms with E-state index < -0.39 is 0 Å². The highest BCUT2D eigenvalue weighted by atomic mass is 16.2. The van der Waals surface area contributed by atoms with E-state index in [1.807, 2.05) is 23.1 Å². The molecule has 7 nitrogen and oxygen atoms in total. The van der Waals surface area contributed by atoms with Gasteiger partial charge < -0.3 is 15.1 Å². The summed E-state index contributed by atoms with van der Waals surface area (Å²) in [6.45, 7) is 2.83. The minimum atomic E-state index is 0.0694. The zero-order valence-corrected chi connectivity index (χ0v) is 16.3.